The Morgan fingerprint density at radius 1 is 1.11 bits per heavy atom. The summed E-state index contributed by atoms with van der Waals surface area (Å²) in [7, 11) is 3.14. The van der Waals surface area contributed by atoms with E-state index < -0.39 is 15.9 Å². The lowest BCUT2D eigenvalue weighted by atomic mass is 10.2. The van der Waals surface area contributed by atoms with Crippen LogP contribution in [-0.2, 0) is 9.53 Å². The smallest absolute Gasteiger partial charge is 0.266 e. The van der Waals surface area contributed by atoms with E-state index in [1.54, 1.807) is 66.6 Å². The van der Waals surface area contributed by atoms with Crippen molar-refractivity contribution < 1.29 is 23.8 Å². The van der Waals surface area contributed by atoms with Gasteiger partial charge in [0.25, 0.3) is 11.8 Å². The number of methoxy groups -OCH3 is 2. The number of hydrogen-bond acceptors (Lipinski definition) is 7. The molecule has 2 aromatic carbocycles. The highest BCUT2D eigenvalue weighted by molar-refractivity contribution is 8.26. The Bertz CT molecular complexity index is 1120. The van der Waals surface area contributed by atoms with Crippen LogP contribution in [0.4, 0.5) is 0 Å². The topological polar surface area (TPSA) is 77.1 Å². The van der Waals surface area contributed by atoms with Gasteiger partial charge in [-0.05, 0) is 54.5 Å². The largest absolute Gasteiger partial charge is 0.497 e. The number of hydrogen-bond donors (Lipinski definition) is 1. The van der Waals surface area contributed by atoms with E-state index in [2.05, 4.69) is 5.32 Å². The van der Waals surface area contributed by atoms with Gasteiger partial charge in [0.05, 0.1) is 12.0 Å². The van der Waals surface area contributed by atoms with E-state index in [0.717, 1.165) is 5.56 Å². The maximum Gasteiger partial charge on any atom is 0.266 e. The number of halogens is 3. The lowest BCUT2D eigenvalue weighted by Gasteiger charge is -2.26. The van der Waals surface area contributed by atoms with Crippen LogP contribution in [0.3, 0.4) is 0 Å². The Kier molecular flexibility index (Phi) is 10.3. The third-order valence-electron chi connectivity index (χ3n) is 4.95. The molecule has 36 heavy (non-hydrogen) atoms. The second-order valence-electron chi connectivity index (χ2n) is 7.49. The van der Waals surface area contributed by atoms with Gasteiger partial charge >= 0.3 is 0 Å². The van der Waals surface area contributed by atoms with Crippen molar-refractivity contribution in [2.45, 2.75) is 16.4 Å². The first kappa shape index (κ1) is 28.6. The predicted octanol–water partition coefficient (Wildman–Crippen LogP) is 5.44. The summed E-state index contributed by atoms with van der Waals surface area (Å²) in [5, 5.41) is 2.58. The molecule has 2 aromatic rings. The van der Waals surface area contributed by atoms with Gasteiger partial charge in [0.1, 0.15) is 15.8 Å². The second-order valence-corrected chi connectivity index (χ2v) is 11.5. The van der Waals surface area contributed by atoms with Crippen LogP contribution >= 0.6 is 58.8 Å². The molecule has 1 heterocycles. The molecule has 0 aromatic heterocycles. The zero-order valence-corrected chi connectivity index (χ0v) is 23.2. The fourth-order valence-electron chi connectivity index (χ4n) is 3.11. The normalized spacial score (nSPS) is 15.8. The van der Waals surface area contributed by atoms with Gasteiger partial charge in [-0.25, -0.2) is 0 Å². The minimum absolute atomic E-state index is 0.140. The molecule has 192 valence electrons. The van der Waals surface area contributed by atoms with Crippen LogP contribution < -0.4 is 14.8 Å². The van der Waals surface area contributed by atoms with Gasteiger partial charge in [-0.15, -0.1) is 0 Å². The molecule has 0 radical (unpaired) electrons. The summed E-state index contributed by atoms with van der Waals surface area (Å²) in [4.78, 5) is 27.4. The number of nitrogens with one attached hydrogen (secondary N) is 1. The third-order valence-corrected chi connectivity index (χ3v) is 6.92. The molecule has 3 rings (SSSR count). The molecule has 1 aliphatic heterocycles. The van der Waals surface area contributed by atoms with Crippen LogP contribution in [-0.4, -0.2) is 58.4 Å². The van der Waals surface area contributed by atoms with Crippen LogP contribution in [0.5, 0.6) is 11.5 Å². The first-order valence-electron chi connectivity index (χ1n) is 10.6. The number of ether oxygens (including phenoxy) is 3. The van der Waals surface area contributed by atoms with Crippen LogP contribution in [0.25, 0.3) is 6.08 Å². The molecular formula is C24H23Cl3N2O5S2. The highest BCUT2D eigenvalue weighted by Gasteiger charge is 2.36. The molecule has 1 saturated heterocycles. The van der Waals surface area contributed by atoms with E-state index in [1.807, 2.05) is 0 Å². The van der Waals surface area contributed by atoms with Gasteiger partial charge in [0, 0.05) is 25.8 Å². The van der Waals surface area contributed by atoms with E-state index in [-0.39, 0.29) is 5.91 Å². The minimum Gasteiger partial charge on any atom is -0.497 e. The molecule has 12 heteroatoms. The Morgan fingerprint density at radius 2 is 1.75 bits per heavy atom. The summed E-state index contributed by atoms with van der Waals surface area (Å²) in [6.07, 6.45) is 1.17. The molecule has 0 bridgehead atoms. The number of carbonyl (C=O) groups excluding carboxylic acids is 2. The molecule has 1 N–H and O–H groups in total. The fourth-order valence-corrected chi connectivity index (χ4v) is 4.72. The second kappa shape index (κ2) is 13.0. The maximum absolute atomic E-state index is 12.7. The van der Waals surface area contributed by atoms with Crippen LogP contribution in [0.2, 0.25) is 0 Å². The van der Waals surface area contributed by atoms with E-state index >= 15 is 0 Å². The molecular weight excluding hydrogens is 567 g/mol. The van der Waals surface area contributed by atoms with E-state index in [9.17, 15) is 9.59 Å². The van der Waals surface area contributed by atoms with Crippen molar-refractivity contribution in [1.29, 1.82) is 0 Å². The molecule has 1 fully saturated rings. The highest BCUT2D eigenvalue weighted by atomic mass is 35.6. The number of carbonyl (C=O) groups is 2. The molecule has 0 aliphatic carbocycles. The van der Waals surface area contributed by atoms with Gasteiger partial charge in [0.2, 0.25) is 10.0 Å². The van der Waals surface area contributed by atoms with Crippen LogP contribution in [0.1, 0.15) is 22.3 Å². The summed E-state index contributed by atoms with van der Waals surface area (Å²) in [6, 6.07) is 13.2. The van der Waals surface area contributed by atoms with Crippen molar-refractivity contribution in [3.8, 4) is 11.5 Å². The summed E-state index contributed by atoms with van der Waals surface area (Å²) in [6.45, 7) is 1.05. The number of benzene rings is 2. The Balaban J connectivity index is 1.67. The van der Waals surface area contributed by atoms with Gasteiger partial charge in [-0.3, -0.25) is 14.5 Å². The number of alkyl halides is 3. The maximum atomic E-state index is 12.7. The average Bonchev–Trinajstić information content (AvgIpc) is 3.11. The van der Waals surface area contributed by atoms with E-state index in [1.165, 1.54) is 18.9 Å². The summed E-state index contributed by atoms with van der Waals surface area (Å²) in [5.74, 6) is 0.330. The first-order chi connectivity index (χ1) is 17.1. The summed E-state index contributed by atoms with van der Waals surface area (Å²) in [5.41, 5.74) is 1.10. The number of amides is 2. The van der Waals surface area contributed by atoms with Crippen LogP contribution in [0, 0.1) is 0 Å². The zero-order valence-electron chi connectivity index (χ0n) is 19.3. The lowest BCUT2D eigenvalue weighted by molar-refractivity contribution is -0.122. The average molecular weight is 590 g/mol. The zero-order chi connectivity index (χ0) is 26.3. The highest BCUT2D eigenvalue weighted by Crippen LogP contribution is 2.34. The minimum atomic E-state index is -1.95. The fraction of sp³-hybridized carbons (Fsp3) is 0.292. The van der Waals surface area contributed by atoms with Crippen molar-refractivity contribution in [2.75, 3.05) is 27.4 Å². The number of nitrogens with zero attached hydrogens (tertiary/aromatic N) is 1. The molecule has 0 saturated carbocycles. The SMILES string of the molecule is COCCCN1C(=O)/C(=C/c2ccc(OC(NC(=O)c3ccc(OC)cc3)C(Cl)(Cl)Cl)cc2)SC1=S. The van der Waals surface area contributed by atoms with Gasteiger partial charge in [0.15, 0.2) is 0 Å². The lowest BCUT2D eigenvalue weighted by Crippen LogP contribution is -2.47. The van der Waals surface area contributed by atoms with Crippen molar-refractivity contribution in [1.82, 2.24) is 10.2 Å². The van der Waals surface area contributed by atoms with Gasteiger partial charge in [-0.2, -0.15) is 0 Å². The molecule has 1 atom stereocenters. The van der Waals surface area contributed by atoms with E-state index in [0.29, 0.717) is 45.9 Å². The molecule has 0 spiro atoms. The first-order valence-corrected chi connectivity index (χ1v) is 13.0. The van der Waals surface area contributed by atoms with Crippen LogP contribution in [0.15, 0.2) is 53.4 Å². The van der Waals surface area contributed by atoms with Crippen molar-refractivity contribution in [2.24, 2.45) is 0 Å². The number of thiocarbonyl (C=S) groups is 1. The van der Waals surface area contributed by atoms with Crippen molar-refractivity contribution >= 4 is 81.0 Å². The monoisotopic (exact) mass is 588 g/mol. The van der Waals surface area contributed by atoms with Crippen molar-refractivity contribution in [3.05, 3.63) is 64.6 Å². The summed E-state index contributed by atoms with van der Waals surface area (Å²) >= 11 is 24.8. The predicted molar refractivity (Wildman–Crippen MR) is 148 cm³/mol. The number of rotatable bonds is 10. The van der Waals surface area contributed by atoms with Gasteiger partial charge in [-0.1, -0.05) is 70.9 Å². The Morgan fingerprint density at radius 3 is 2.33 bits per heavy atom. The van der Waals surface area contributed by atoms with E-state index in [4.69, 9.17) is 61.2 Å². The molecule has 7 nitrogen and oxygen atoms in total. The Hall–Kier alpha value is -2.01. The standard InChI is InChI=1S/C24H23Cl3N2O5S2/c1-32-13-3-12-29-21(31)19(36-23(29)35)14-15-4-8-18(9-5-15)34-22(24(25,26)27)28-20(30)16-6-10-17(33-2)11-7-16/h4-11,14,22H,3,12-13H2,1-2H3,(H,28,30)/b19-14-. The third kappa shape index (κ3) is 7.74. The summed E-state index contributed by atoms with van der Waals surface area (Å²) < 4.78 is 14.5. The molecule has 2 amide bonds. The molecule has 1 unspecified atom stereocenters. The van der Waals surface area contributed by atoms with Crippen molar-refractivity contribution in [3.63, 3.8) is 0 Å². The quantitative estimate of drug-likeness (QED) is 0.130. The Labute approximate surface area is 234 Å². The van der Waals surface area contributed by atoms with Gasteiger partial charge < -0.3 is 19.5 Å². The number of thioether (sulfide) groups is 1. The molecule has 1 aliphatic rings.